The van der Waals surface area contributed by atoms with Crippen LogP contribution in [0, 0.1) is 5.92 Å². The Morgan fingerprint density at radius 2 is 1.04 bits per heavy atom. The first-order chi connectivity index (χ1) is 50.1. The summed E-state index contributed by atoms with van der Waals surface area (Å²) >= 11 is 1.42. The van der Waals surface area contributed by atoms with E-state index in [-0.39, 0.29) is 134 Å². The quantitative estimate of drug-likeness (QED) is 0.0167. The summed E-state index contributed by atoms with van der Waals surface area (Å²) < 4.78 is 0. The molecular formula is C67H108N22O15S. The van der Waals surface area contributed by atoms with E-state index >= 15 is 0 Å². The number of guanidine groups is 2. The molecule has 12 atom stereocenters. The van der Waals surface area contributed by atoms with Gasteiger partial charge < -0.3 is 112 Å². The summed E-state index contributed by atoms with van der Waals surface area (Å²) in [5.74, 6) is -10.5. The number of amides is 12. The highest BCUT2D eigenvalue weighted by atomic mass is 32.2. The second-order valence-corrected chi connectivity index (χ2v) is 27.7. The van der Waals surface area contributed by atoms with Crippen molar-refractivity contribution in [2.75, 3.05) is 64.4 Å². The standard InChI is InChI=1S/C67H108N22O15S/c1-38(2)31-46(83-56(94)43(18-10-25-75-66(70)71)80-61(99)51-21-13-28-88(51)63(101)44(81-54(92)39(3)69)19-11-26-76-67(72)73)57(95)86-49(36-90)59(97)84-47(33-41-34-74-37-78-41)58(96)79-42(17-8-9-24-68)55(93)77-35-53(91)87-27-12-20-50(87)60(98)82-45(23-30-105-4)64(102)89-29-14-22-52(89)62(100)85-48(65(103)104)32-40-15-6-5-7-16-40/h5-7,15-16,34,37-39,42-52,90H,8-14,17-33,35-36,68-69H2,1-4H3,(H,74,78)(H,77,93)(H,79,96)(H,80,99)(H,81,92)(H,82,98)(H,83,94)(H,84,97)(H,85,100)(H,86,95)(H,103,104)(H4,70,71,75)(H4,72,73,76)/t39-,42-,43-,44-,45-,46-,47-,48-,49-,50-,51-,52-/m0/s1. The molecule has 0 unspecified atom stereocenters. The van der Waals surface area contributed by atoms with Crippen molar-refractivity contribution in [2.24, 2.45) is 50.3 Å². The van der Waals surface area contributed by atoms with Gasteiger partial charge in [0.1, 0.15) is 66.5 Å². The lowest BCUT2D eigenvalue weighted by molar-refractivity contribution is -0.145. The molecule has 3 fully saturated rings. The van der Waals surface area contributed by atoms with Gasteiger partial charge in [0.25, 0.3) is 0 Å². The number of carboxylic acid groups (broad SMARTS) is 1. The summed E-state index contributed by atoms with van der Waals surface area (Å²) in [4.78, 5) is 200. The van der Waals surface area contributed by atoms with Crippen molar-refractivity contribution in [2.45, 2.75) is 202 Å². The summed E-state index contributed by atoms with van der Waals surface area (Å²) in [6.07, 6.45) is 7.45. The molecule has 0 aliphatic carbocycles. The van der Waals surface area contributed by atoms with Crippen LogP contribution in [0.5, 0.6) is 0 Å². The van der Waals surface area contributed by atoms with Crippen LogP contribution < -0.4 is 82.3 Å². The van der Waals surface area contributed by atoms with Crippen molar-refractivity contribution >= 4 is 101 Å². The van der Waals surface area contributed by atoms with Gasteiger partial charge >= 0.3 is 5.97 Å². The van der Waals surface area contributed by atoms with E-state index in [1.165, 1.54) is 45.9 Å². The maximum atomic E-state index is 14.5. The van der Waals surface area contributed by atoms with E-state index in [9.17, 15) is 72.5 Å². The van der Waals surface area contributed by atoms with E-state index < -0.39 is 163 Å². The van der Waals surface area contributed by atoms with Gasteiger partial charge in [-0.1, -0.05) is 44.2 Å². The lowest BCUT2D eigenvalue weighted by atomic mass is 10.0. The lowest BCUT2D eigenvalue weighted by Crippen LogP contribution is -2.61. The van der Waals surface area contributed by atoms with Gasteiger partial charge in [0.15, 0.2) is 11.9 Å². The molecule has 0 bridgehead atoms. The Hall–Kier alpha value is -9.69. The van der Waals surface area contributed by atoms with Crippen LogP contribution in [0.4, 0.5) is 0 Å². The topological polar surface area (TPSA) is 590 Å². The summed E-state index contributed by atoms with van der Waals surface area (Å²) in [5.41, 5.74) is 34.7. The van der Waals surface area contributed by atoms with Gasteiger partial charge in [0, 0.05) is 57.5 Å². The Kier molecular flexibility index (Phi) is 36.2. The third-order valence-corrected chi connectivity index (χ3v) is 18.6. The van der Waals surface area contributed by atoms with E-state index in [4.69, 9.17) is 34.4 Å². The number of hydrogen-bond donors (Lipinski definition) is 18. The number of benzene rings is 1. The first kappa shape index (κ1) is 86.0. The number of aromatic amines is 1. The highest BCUT2D eigenvalue weighted by Gasteiger charge is 2.43. The molecule has 12 amide bonds. The number of likely N-dealkylation sites (tertiary alicyclic amines) is 3. The zero-order valence-electron chi connectivity index (χ0n) is 60.2. The highest BCUT2D eigenvalue weighted by Crippen LogP contribution is 2.24. The summed E-state index contributed by atoms with van der Waals surface area (Å²) in [5, 5.41) is 44.4. The van der Waals surface area contributed by atoms with Crippen LogP contribution in [-0.2, 0) is 75.2 Å². The molecule has 0 saturated carbocycles. The van der Waals surface area contributed by atoms with Gasteiger partial charge in [0.05, 0.1) is 25.5 Å². The van der Waals surface area contributed by atoms with Crippen molar-refractivity contribution in [3.05, 3.63) is 54.1 Å². The molecule has 1 aromatic carbocycles. The largest absolute Gasteiger partial charge is 0.480 e. The lowest BCUT2D eigenvalue weighted by Gasteiger charge is -2.31. The number of imidazole rings is 1. The molecule has 1 aromatic heterocycles. The molecule has 4 heterocycles. The van der Waals surface area contributed by atoms with E-state index in [1.807, 2.05) is 6.26 Å². The number of carboxylic acids is 1. The van der Waals surface area contributed by atoms with E-state index in [0.717, 1.165) is 0 Å². The average Bonchev–Trinajstić information content (AvgIpc) is 1.74. The van der Waals surface area contributed by atoms with Gasteiger partial charge in [-0.05, 0) is 133 Å². The number of aromatic nitrogens is 2. The van der Waals surface area contributed by atoms with Crippen molar-refractivity contribution < 1.29 is 72.5 Å². The van der Waals surface area contributed by atoms with Crippen LogP contribution in [0.1, 0.15) is 128 Å². The van der Waals surface area contributed by atoms with Gasteiger partial charge in [-0.3, -0.25) is 67.5 Å². The minimum Gasteiger partial charge on any atom is -0.480 e. The SMILES string of the molecule is CSCC[C@H](NC(=O)[C@@H]1CCCN1C(=O)CNC(=O)[C@H](CCCCN)NC(=O)[C@H](Cc1cnc[nH]1)NC(=O)[C@H](CO)NC(=O)[C@H](CC(C)C)NC(=O)[C@H](CCCN=C(N)N)NC(=O)[C@@H]1CCCN1C(=O)[C@H](CCCN=C(N)N)NC(=O)[C@H](C)N)C(=O)N1CCC[C@H]1C(=O)N[C@@H](Cc1ccccc1)C(=O)O. The molecule has 3 saturated heterocycles. The second-order valence-electron chi connectivity index (χ2n) is 26.7. The number of aliphatic hydroxyl groups excluding tert-OH is 1. The highest BCUT2D eigenvalue weighted by molar-refractivity contribution is 7.98. The predicted octanol–water partition coefficient (Wildman–Crippen LogP) is -5.38. The molecule has 3 aliphatic rings. The third kappa shape index (κ3) is 28.0. The number of nitrogens with zero attached hydrogens (tertiary/aromatic N) is 6. The maximum absolute atomic E-state index is 14.5. The monoisotopic (exact) mass is 1490 g/mol. The fraction of sp³-hybridized carbons (Fsp3) is 0.642. The van der Waals surface area contributed by atoms with Gasteiger partial charge in [-0.2, -0.15) is 11.8 Å². The van der Waals surface area contributed by atoms with E-state index in [0.29, 0.717) is 49.1 Å². The van der Waals surface area contributed by atoms with Crippen LogP contribution in [0.2, 0.25) is 0 Å². The number of aliphatic imine (C=N–C) groups is 2. The number of nitrogens with one attached hydrogen (secondary N) is 10. The molecule has 3 aliphatic heterocycles. The van der Waals surface area contributed by atoms with E-state index in [2.05, 4.69) is 67.8 Å². The number of hydrogen-bond acceptors (Lipinski definition) is 20. The van der Waals surface area contributed by atoms with Crippen LogP contribution in [0.25, 0.3) is 0 Å². The number of H-pyrrole nitrogens is 1. The van der Waals surface area contributed by atoms with Crippen LogP contribution in [-0.4, -0.2) is 261 Å². The fourth-order valence-corrected chi connectivity index (χ4v) is 13.0. The van der Waals surface area contributed by atoms with Crippen molar-refractivity contribution in [3.8, 4) is 0 Å². The summed E-state index contributed by atoms with van der Waals surface area (Å²) in [6.45, 7) is 4.12. The Balaban J connectivity index is 1.26. The molecule has 37 nitrogen and oxygen atoms in total. The number of unbranched alkanes of at least 4 members (excludes halogenated alkanes) is 1. The Morgan fingerprint density at radius 1 is 0.571 bits per heavy atom. The van der Waals surface area contributed by atoms with E-state index in [1.54, 1.807) is 44.2 Å². The summed E-state index contributed by atoms with van der Waals surface area (Å²) in [6, 6.07) is -6.26. The molecule has 2 aromatic rings. The molecule has 0 radical (unpaired) electrons. The Labute approximate surface area is 614 Å². The van der Waals surface area contributed by atoms with Crippen LogP contribution >= 0.6 is 11.8 Å². The van der Waals surface area contributed by atoms with Crippen molar-refractivity contribution in [3.63, 3.8) is 0 Å². The van der Waals surface area contributed by atoms with Crippen molar-refractivity contribution in [1.29, 1.82) is 0 Å². The Bertz CT molecular complexity index is 3300. The molecule has 38 heteroatoms. The van der Waals surface area contributed by atoms with Gasteiger partial charge in [-0.15, -0.1) is 0 Å². The van der Waals surface area contributed by atoms with Crippen LogP contribution in [0.15, 0.2) is 52.8 Å². The number of thioether (sulfide) groups is 1. The molecule has 582 valence electrons. The summed E-state index contributed by atoms with van der Waals surface area (Å²) in [7, 11) is 0. The Morgan fingerprint density at radius 3 is 1.56 bits per heavy atom. The molecule has 0 spiro atoms. The smallest absolute Gasteiger partial charge is 0.326 e. The molecular weight excluding hydrogens is 1380 g/mol. The molecule has 24 N–H and O–H groups in total. The van der Waals surface area contributed by atoms with Crippen LogP contribution in [0.3, 0.4) is 0 Å². The number of aliphatic hydroxyl groups is 1. The molecule has 105 heavy (non-hydrogen) atoms. The number of carbonyl (C=O) groups excluding carboxylic acids is 12. The first-order valence-electron chi connectivity index (χ1n) is 35.6. The van der Waals surface area contributed by atoms with Crippen molar-refractivity contribution in [1.82, 2.24) is 72.5 Å². The predicted molar refractivity (Wildman–Crippen MR) is 389 cm³/mol. The molecule has 5 rings (SSSR count). The zero-order chi connectivity index (χ0) is 77.3. The number of aliphatic carboxylic acids is 1. The number of nitrogens with two attached hydrogens (primary N) is 6. The van der Waals surface area contributed by atoms with Gasteiger partial charge in [-0.25, -0.2) is 9.78 Å². The minimum atomic E-state index is -1.76. The normalized spacial score (nSPS) is 18.1. The number of carbonyl (C=O) groups is 13. The average molecular weight is 1490 g/mol. The fourth-order valence-electron chi connectivity index (χ4n) is 12.5. The number of rotatable bonds is 44. The second kappa shape index (κ2) is 44.2. The minimum absolute atomic E-state index is 0.000921. The third-order valence-electron chi connectivity index (χ3n) is 18.0. The maximum Gasteiger partial charge on any atom is 0.326 e. The first-order valence-corrected chi connectivity index (χ1v) is 37.0. The van der Waals surface area contributed by atoms with Gasteiger partial charge in [0.2, 0.25) is 70.9 Å². The zero-order valence-corrected chi connectivity index (χ0v) is 61.0.